The number of nitrogens with one attached hydrogen (secondary N) is 1. The Kier molecular flexibility index (Phi) is 6.12. The maximum Gasteiger partial charge on any atom is 0.272 e. The van der Waals surface area contributed by atoms with E-state index in [9.17, 15) is 9.90 Å². The van der Waals surface area contributed by atoms with Crippen LogP contribution >= 0.6 is 31.9 Å². The number of rotatable bonds is 5. The molecule has 1 aromatic heterocycles. The second-order valence-corrected chi connectivity index (χ2v) is 6.14. The fourth-order valence-corrected chi connectivity index (χ4v) is 2.52. The molecule has 6 nitrogen and oxygen atoms in total. The van der Waals surface area contributed by atoms with Crippen LogP contribution in [0.25, 0.3) is 0 Å². The summed E-state index contributed by atoms with van der Waals surface area (Å²) in [5, 5.41) is 13.7. The number of hydrogen-bond acceptors (Lipinski definition) is 5. The molecule has 0 saturated carbocycles. The van der Waals surface area contributed by atoms with Crippen LogP contribution in [0.4, 0.5) is 0 Å². The van der Waals surface area contributed by atoms with Gasteiger partial charge in [-0.05, 0) is 62.5 Å². The highest BCUT2D eigenvalue weighted by Crippen LogP contribution is 2.34. The van der Waals surface area contributed by atoms with E-state index in [4.69, 9.17) is 4.74 Å². The van der Waals surface area contributed by atoms with Crippen molar-refractivity contribution in [1.29, 1.82) is 0 Å². The largest absolute Gasteiger partial charge is 0.503 e. The topological polar surface area (TPSA) is 83.8 Å². The van der Waals surface area contributed by atoms with Gasteiger partial charge in [0.1, 0.15) is 0 Å². The third-order valence-corrected chi connectivity index (χ3v) is 3.74. The van der Waals surface area contributed by atoms with Crippen LogP contribution in [0.15, 0.2) is 44.6 Å². The van der Waals surface area contributed by atoms with Crippen LogP contribution in [-0.4, -0.2) is 28.8 Å². The van der Waals surface area contributed by atoms with Gasteiger partial charge in [-0.25, -0.2) is 5.43 Å². The van der Waals surface area contributed by atoms with Gasteiger partial charge in [-0.15, -0.1) is 0 Å². The molecule has 1 aromatic carbocycles. The van der Waals surface area contributed by atoms with Gasteiger partial charge in [0, 0.05) is 16.9 Å². The fourth-order valence-electron chi connectivity index (χ4n) is 1.70. The number of phenols is 1. The van der Waals surface area contributed by atoms with Crippen LogP contribution in [0.5, 0.6) is 11.5 Å². The van der Waals surface area contributed by atoms with E-state index in [1.165, 1.54) is 12.4 Å². The summed E-state index contributed by atoms with van der Waals surface area (Å²) in [6.45, 7) is 2.24. The van der Waals surface area contributed by atoms with Gasteiger partial charge < -0.3 is 9.84 Å². The first-order chi connectivity index (χ1) is 11.0. The normalized spacial score (nSPS) is 10.7. The van der Waals surface area contributed by atoms with E-state index in [2.05, 4.69) is 47.4 Å². The Hall–Kier alpha value is -1.93. The highest BCUT2D eigenvalue weighted by molar-refractivity contribution is 9.10. The molecule has 0 spiro atoms. The standard InChI is InChI=1S/C15H13Br2N3O3/c1-2-23-13-4-9(3-12(17)14(13)21)6-19-20-15(22)10-5-11(16)8-18-7-10/h3-8,21H,2H2,1H3,(H,20,22)/b19-6-. The Labute approximate surface area is 149 Å². The maximum absolute atomic E-state index is 11.9. The summed E-state index contributed by atoms with van der Waals surface area (Å²) in [7, 11) is 0. The zero-order valence-corrected chi connectivity index (χ0v) is 15.3. The summed E-state index contributed by atoms with van der Waals surface area (Å²) >= 11 is 6.49. The van der Waals surface area contributed by atoms with Gasteiger partial charge in [-0.2, -0.15) is 5.10 Å². The van der Waals surface area contributed by atoms with Crippen LogP contribution in [-0.2, 0) is 0 Å². The molecule has 0 saturated heterocycles. The SMILES string of the molecule is CCOc1cc(/C=N\NC(=O)c2cncc(Br)c2)cc(Br)c1O. The molecule has 0 atom stereocenters. The number of phenolic OH excluding ortho intramolecular Hbond substituents is 1. The number of hydrazone groups is 1. The lowest BCUT2D eigenvalue weighted by molar-refractivity contribution is 0.0954. The van der Waals surface area contributed by atoms with Crippen molar-refractivity contribution in [2.24, 2.45) is 5.10 Å². The molecular formula is C15H13Br2N3O3. The minimum absolute atomic E-state index is 0.0215. The molecule has 0 aliphatic heterocycles. The number of carbonyl (C=O) groups is 1. The minimum Gasteiger partial charge on any atom is -0.503 e. The highest BCUT2D eigenvalue weighted by atomic mass is 79.9. The molecule has 0 fully saturated rings. The monoisotopic (exact) mass is 441 g/mol. The van der Waals surface area contributed by atoms with Gasteiger partial charge in [0.25, 0.3) is 5.91 Å². The first-order valence-corrected chi connectivity index (χ1v) is 8.19. The van der Waals surface area contributed by atoms with E-state index in [-0.39, 0.29) is 11.7 Å². The number of halogens is 2. The number of hydrogen-bond donors (Lipinski definition) is 2. The Bertz CT molecular complexity index is 751. The average Bonchev–Trinajstić information content (AvgIpc) is 2.52. The van der Waals surface area contributed by atoms with E-state index < -0.39 is 0 Å². The van der Waals surface area contributed by atoms with Crippen molar-refractivity contribution in [3.63, 3.8) is 0 Å². The van der Waals surface area contributed by atoms with E-state index in [1.54, 1.807) is 24.4 Å². The lowest BCUT2D eigenvalue weighted by atomic mass is 10.2. The molecule has 1 amide bonds. The molecule has 120 valence electrons. The number of benzene rings is 1. The Morgan fingerprint density at radius 1 is 1.39 bits per heavy atom. The first-order valence-electron chi connectivity index (χ1n) is 6.60. The van der Waals surface area contributed by atoms with Gasteiger partial charge in [-0.1, -0.05) is 0 Å². The second-order valence-electron chi connectivity index (χ2n) is 4.37. The molecule has 2 N–H and O–H groups in total. The quantitative estimate of drug-likeness (QED) is 0.548. The molecule has 0 unspecified atom stereocenters. The zero-order chi connectivity index (χ0) is 16.8. The predicted molar refractivity (Wildman–Crippen MR) is 94.0 cm³/mol. The summed E-state index contributed by atoms with van der Waals surface area (Å²) in [6, 6.07) is 4.93. The van der Waals surface area contributed by atoms with Crippen LogP contribution in [0.1, 0.15) is 22.8 Å². The van der Waals surface area contributed by atoms with Gasteiger partial charge in [-0.3, -0.25) is 9.78 Å². The first kappa shape index (κ1) is 17.4. The van der Waals surface area contributed by atoms with Crippen molar-refractivity contribution in [2.45, 2.75) is 6.92 Å². The smallest absolute Gasteiger partial charge is 0.272 e. The molecule has 0 aliphatic rings. The van der Waals surface area contributed by atoms with Crippen molar-refractivity contribution >= 4 is 44.0 Å². The molecule has 0 aliphatic carbocycles. The number of carbonyl (C=O) groups excluding carboxylic acids is 1. The van der Waals surface area contributed by atoms with Crippen molar-refractivity contribution in [1.82, 2.24) is 10.4 Å². The van der Waals surface area contributed by atoms with Crippen LogP contribution < -0.4 is 10.2 Å². The van der Waals surface area contributed by atoms with E-state index >= 15 is 0 Å². The summed E-state index contributed by atoms with van der Waals surface area (Å²) in [5.41, 5.74) is 3.46. The maximum atomic E-state index is 11.9. The Balaban J connectivity index is 2.10. The van der Waals surface area contributed by atoms with Crippen molar-refractivity contribution in [3.05, 3.63) is 50.7 Å². The third kappa shape index (κ3) is 4.77. The summed E-state index contributed by atoms with van der Waals surface area (Å²) in [6.07, 6.45) is 4.49. The molecule has 0 bridgehead atoms. The fraction of sp³-hybridized carbons (Fsp3) is 0.133. The van der Waals surface area contributed by atoms with Crippen molar-refractivity contribution < 1.29 is 14.6 Å². The number of aromatic nitrogens is 1. The van der Waals surface area contributed by atoms with Crippen LogP contribution in [0, 0.1) is 0 Å². The van der Waals surface area contributed by atoms with Gasteiger partial charge in [0.05, 0.1) is 22.9 Å². The number of ether oxygens (including phenoxy) is 1. The summed E-state index contributed by atoms with van der Waals surface area (Å²) in [4.78, 5) is 15.8. The summed E-state index contributed by atoms with van der Waals surface area (Å²) < 4.78 is 6.51. The highest BCUT2D eigenvalue weighted by Gasteiger charge is 2.09. The van der Waals surface area contributed by atoms with E-state index in [0.29, 0.717) is 32.4 Å². The van der Waals surface area contributed by atoms with Crippen molar-refractivity contribution in [3.8, 4) is 11.5 Å². The van der Waals surface area contributed by atoms with Crippen LogP contribution in [0.3, 0.4) is 0 Å². The Morgan fingerprint density at radius 3 is 2.87 bits per heavy atom. The third-order valence-electron chi connectivity index (χ3n) is 2.70. The Morgan fingerprint density at radius 2 is 2.17 bits per heavy atom. The molecule has 2 aromatic rings. The molecule has 0 radical (unpaired) electrons. The molecule has 2 rings (SSSR count). The molecular weight excluding hydrogens is 430 g/mol. The predicted octanol–water partition coefficient (Wildman–Crippen LogP) is 3.47. The summed E-state index contributed by atoms with van der Waals surface area (Å²) in [5.74, 6) is -0.0167. The van der Waals surface area contributed by atoms with E-state index in [0.717, 1.165) is 0 Å². The number of amides is 1. The van der Waals surface area contributed by atoms with Crippen molar-refractivity contribution in [2.75, 3.05) is 6.61 Å². The molecule has 1 heterocycles. The lowest BCUT2D eigenvalue weighted by Gasteiger charge is -2.08. The van der Waals surface area contributed by atoms with Gasteiger partial charge >= 0.3 is 0 Å². The van der Waals surface area contributed by atoms with Gasteiger partial charge in [0.2, 0.25) is 0 Å². The molecule has 8 heteroatoms. The number of pyridine rings is 1. The molecule has 23 heavy (non-hydrogen) atoms. The zero-order valence-electron chi connectivity index (χ0n) is 12.1. The number of aromatic hydroxyl groups is 1. The lowest BCUT2D eigenvalue weighted by Crippen LogP contribution is -2.17. The number of nitrogens with zero attached hydrogens (tertiary/aromatic N) is 2. The van der Waals surface area contributed by atoms with Crippen LogP contribution in [0.2, 0.25) is 0 Å². The van der Waals surface area contributed by atoms with E-state index in [1.807, 2.05) is 6.92 Å². The average molecular weight is 443 g/mol. The second kappa shape index (κ2) is 8.07. The minimum atomic E-state index is -0.377. The van der Waals surface area contributed by atoms with Gasteiger partial charge in [0.15, 0.2) is 11.5 Å².